The molecule has 0 heterocycles. The van der Waals surface area contributed by atoms with E-state index in [4.69, 9.17) is 4.74 Å². The maximum atomic E-state index is 13.3. The average Bonchev–Trinajstić information content (AvgIpc) is 3.13. The van der Waals surface area contributed by atoms with E-state index >= 15 is 0 Å². The fraction of sp³-hybridized carbons (Fsp3) is 0.931. The third-order valence-corrected chi connectivity index (χ3v) is 10.9. The third-order valence-electron chi connectivity index (χ3n) is 10.9. The molecular weight excluding hydrogens is 426 g/mol. The molecule has 4 saturated carbocycles. The van der Waals surface area contributed by atoms with E-state index in [1.54, 1.807) is 6.92 Å². The molecule has 0 saturated heterocycles. The van der Waals surface area contributed by atoms with E-state index in [-0.39, 0.29) is 34.9 Å². The molecule has 1 N–H and O–H groups in total. The van der Waals surface area contributed by atoms with Gasteiger partial charge < -0.3 is 9.84 Å². The normalized spacial score (nSPS) is 43.7. The number of ether oxygens (including phenoxy) is 1. The fourth-order valence-electron chi connectivity index (χ4n) is 9.22. The Balaban J connectivity index is 1.61. The van der Waals surface area contributed by atoms with Crippen molar-refractivity contribution in [3.63, 3.8) is 0 Å². The van der Waals surface area contributed by atoms with Gasteiger partial charge in [0.15, 0.2) is 0 Å². The second-order valence-electron chi connectivity index (χ2n) is 12.7. The van der Waals surface area contributed by atoms with Crippen LogP contribution in [0, 0.1) is 40.4 Å². The van der Waals surface area contributed by atoms with E-state index in [0.717, 1.165) is 77.3 Å². The van der Waals surface area contributed by atoms with Crippen LogP contribution in [-0.2, 0) is 14.3 Å². The van der Waals surface area contributed by atoms with Crippen molar-refractivity contribution < 1.29 is 19.4 Å². The molecule has 34 heavy (non-hydrogen) atoms. The summed E-state index contributed by atoms with van der Waals surface area (Å²) in [6, 6.07) is 0. The molecule has 0 radical (unpaired) electrons. The molecule has 0 aromatic heterocycles. The van der Waals surface area contributed by atoms with Gasteiger partial charge in [0.25, 0.3) is 0 Å². The first kappa shape index (κ1) is 26.1. The monoisotopic (exact) mass is 475 g/mol. The second-order valence-corrected chi connectivity index (χ2v) is 12.7. The lowest BCUT2D eigenvalue weighted by Gasteiger charge is -2.62. The standard InChI is InChI=1S/C29H49NO4/c1-6-8-15-30(7-2)18-26(33)34-25-17-29(5)23(19(3)31)11-12-24(29)22-10-9-20-16-21(32)13-14-28(20,4)27(22)25/h20-25,27,32H,6-18H2,1-5H3/t20?,21?,22-,23+,24-,25?,27+,28-,29+/m0/s1. The van der Waals surface area contributed by atoms with Gasteiger partial charge >= 0.3 is 5.97 Å². The van der Waals surface area contributed by atoms with Gasteiger partial charge in [0.2, 0.25) is 0 Å². The number of aliphatic hydroxyl groups is 1. The SMILES string of the molecule is CCCCN(CC)CC(=O)OC1C[C@]2(C)[C@@H](C(C)=O)CC[C@H]2[C@@H]2CCC3CC(O)CC[C@]3(C)[C@@H]12. The maximum Gasteiger partial charge on any atom is 0.320 e. The number of esters is 1. The molecule has 0 amide bonds. The number of nitrogens with zero attached hydrogens (tertiary/aromatic N) is 1. The summed E-state index contributed by atoms with van der Waals surface area (Å²) < 4.78 is 6.46. The van der Waals surface area contributed by atoms with Crippen LogP contribution in [0.3, 0.4) is 0 Å². The lowest BCUT2D eigenvalue weighted by molar-refractivity contribution is -0.199. The first-order valence-electron chi connectivity index (χ1n) is 14.2. The number of fused-ring (bicyclic) bond motifs is 5. The highest BCUT2D eigenvalue weighted by Crippen LogP contribution is 2.68. The average molecular weight is 476 g/mol. The first-order valence-corrected chi connectivity index (χ1v) is 14.2. The molecule has 194 valence electrons. The summed E-state index contributed by atoms with van der Waals surface area (Å²) in [6.07, 6.45) is 9.92. The number of aliphatic hydroxyl groups excluding tert-OH is 1. The van der Waals surface area contributed by atoms with Crippen LogP contribution in [-0.4, -0.2) is 53.6 Å². The Hall–Kier alpha value is -0.940. The Bertz CT molecular complexity index is 754. The van der Waals surface area contributed by atoms with Crippen LogP contribution in [0.4, 0.5) is 0 Å². The van der Waals surface area contributed by atoms with E-state index in [2.05, 4.69) is 32.6 Å². The van der Waals surface area contributed by atoms with Crippen molar-refractivity contribution in [2.45, 2.75) is 111 Å². The summed E-state index contributed by atoms with van der Waals surface area (Å²) in [6.45, 7) is 13.0. The van der Waals surface area contributed by atoms with E-state index in [1.165, 1.54) is 0 Å². The van der Waals surface area contributed by atoms with Gasteiger partial charge in [-0.25, -0.2) is 0 Å². The van der Waals surface area contributed by atoms with Crippen LogP contribution in [0.25, 0.3) is 0 Å². The van der Waals surface area contributed by atoms with Crippen LogP contribution < -0.4 is 0 Å². The smallest absolute Gasteiger partial charge is 0.320 e. The number of Topliss-reactive ketones (excluding diaryl/α,β-unsaturated/α-hetero) is 1. The highest BCUT2D eigenvalue weighted by atomic mass is 16.5. The summed E-state index contributed by atoms with van der Waals surface area (Å²) in [7, 11) is 0. The van der Waals surface area contributed by atoms with Gasteiger partial charge in [-0.15, -0.1) is 0 Å². The maximum absolute atomic E-state index is 13.3. The highest BCUT2D eigenvalue weighted by molar-refractivity contribution is 5.79. The van der Waals surface area contributed by atoms with Crippen LogP contribution >= 0.6 is 0 Å². The molecule has 5 nitrogen and oxygen atoms in total. The molecule has 4 fully saturated rings. The van der Waals surface area contributed by atoms with Crippen molar-refractivity contribution in [3.05, 3.63) is 0 Å². The minimum Gasteiger partial charge on any atom is -0.461 e. The molecule has 4 aliphatic rings. The highest BCUT2D eigenvalue weighted by Gasteiger charge is 2.64. The molecule has 9 atom stereocenters. The predicted molar refractivity (Wildman–Crippen MR) is 134 cm³/mol. The molecule has 0 aromatic carbocycles. The van der Waals surface area contributed by atoms with Crippen molar-refractivity contribution in [1.29, 1.82) is 0 Å². The zero-order valence-electron chi connectivity index (χ0n) is 22.4. The summed E-state index contributed by atoms with van der Waals surface area (Å²) in [4.78, 5) is 28.1. The van der Waals surface area contributed by atoms with Gasteiger partial charge in [-0.2, -0.15) is 0 Å². The van der Waals surface area contributed by atoms with Crippen LogP contribution in [0.5, 0.6) is 0 Å². The van der Waals surface area contributed by atoms with Crippen molar-refractivity contribution in [2.24, 2.45) is 40.4 Å². The number of carbonyl (C=O) groups is 2. The van der Waals surface area contributed by atoms with Crippen molar-refractivity contribution in [3.8, 4) is 0 Å². The van der Waals surface area contributed by atoms with Crippen LogP contribution in [0.1, 0.15) is 98.8 Å². The fourth-order valence-corrected chi connectivity index (χ4v) is 9.22. The number of ketones is 1. The van der Waals surface area contributed by atoms with Gasteiger partial charge in [-0.05, 0) is 106 Å². The quantitative estimate of drug-likeness (QED) is 0.486. The minimum atomic E-state index is -0.185. The Morgan fingerprint density at radius 3 is 2.50 bits per heavy atom. The molecule has 0 bridgehead atoms. The van der Waals surface area contributed by atoms with Crippen molar-refractivity contribution >= 4 is 11.8 Å². The molecule has 4 aliphatic carbocycles. The number of hydrogen-bond acceptors (Lipinski definition) is 5. The summed E-state index contributed by atoms with van der Waals surface area (Å²) in [5.74, 6) is 2.22. The topological polar surface area (TPSA) is 66.8 Å². The van der Waals surface area contributed by atoms with Gasteiger partial charge in [-0.3, -0.25) is 14.5 Å². The summed E-state index contributed by atoms with van der Waals surface area (Å²) in [5.41, 5.74) is 0.0391. The molecule has 0 aliphatic heterocycles. The lowest BCUT2D eigenvalue weighted by atomic mass is 9.43. The summed E-state index contributed by atoms with van der Waals surface area (Å²) in [5, 5.41) is 10.4. The predicted octanol–water partition coefficient (Wildman–Crippen LogP) is 5.24. The number of carbonyl (C=O) groups excluding carboxylic acids is 2. The number of hydrogen-bond donors (Lipinski definition) is 1. The van der Waals surface area contributed by atoms with Crippen molar-refractivity contribution in [1.82, 2.24) is 4.90 Å². The molecule has 5 heteroatoms. The molecular formula is C29H49NO4. The Morgan fingerprint density at radius 2 is 1.82 bits per heavy atom. The Labute approximate surface area is 207 Å². The Morgan fingerprint density at radius 1 is 1.06 bits per heavy atom. The minimum absolute atomic E-state index is 0.0675. The second kappa shape index (κ2) is 10.2. The van der Waals surface area contributed by atoms with Gasteiger partial charge in [-0.1, -0.05) is 34.1 Å². The van der Waals surface area contributed by atoms with Crippen LogP contribution in [0.15, 0.2) is 0 Å². The largest absolute Gasteiger partial charge is 0.461 e. The van der Waals surface area contributed by atoms with E-state index in [9.17, 15) is 14.7 Å². The van der Waals surface area contributed by atoms with E-state index in [0.29, 0.717) is 36.0 Å². The number of rotatable bonds is 8. The van der Waals surface area contributed by atoms with E-state index < -0.39 is 0 Å². The first-order chi connectivity index (χ1) is 16.1. The summed E-state index contributed by atoms with van der Waals surface area (Å²) >= 11 is 0. The Kier molecular flexibility index (Phi) is 7.84. The van der Waals surface area contributed by atoms with Gasteiger partial charge in [0.05, 0.1) is 12.6 Å². The third kappa shape index (κ3) is 4.61. The molecule has 3 unspecified atom stereocenters. The number of unbranched alkanes of at least 4 members (excludes halogenated alkanes) is 1. The number of likely N-dealkylation sites (N-methyl/N-ethyl adjacent to an activating group) is 1. The molecule has 0 spiro atoms. The van der Waals surface area contributed by atoms with E-state index in [1.807, 2.05) is 0 Å². The van der Waals surface area contributed by atoms with Crippen molar-refractivity contribution in [2.75, 3.05) is 19.6 Å². The van der Waals surface area contributed by atoms with Gasteiger partial charge in [0, 0.05) is 11.8 Å². The zero-order valence-corrected chi connectivity index (χ0v) is 22.4. The lowest BCUT2D eigenvalue weighted by Crippen LogP contribution is -2.60. The molecule has 0 aromatic rings. The van der Waals surface area contributed by atoms with Gasteiger partial charge in [0.1, 0.15) is 11.9 Å². The molecule has 4 rings (SSSR count). The van der Waals surface area contributed by atoms with Crippen LogP contribution in [0.2, 0.25) is 0 Å². The zero-order chi connectivity index (χ0) is 24.7.